The lowest BCUT2D eigenvalue weighted by molar-refractivity contribution is 0.0945. The molecular formula is C16H22N4O2. The predicted molar refractivity (Wildman–Crippen MR) is 83.3 cm³/mol. The maximum absolute atomic E-state index is 12.2. The third-order valence-electron chi connectivity index (χ3n) is 3.63. The van der Waals surface area contributed by atoms with E-state index in [9.17, 15) is 4.79 Å². The van der Waals surface area contributed by atoms with Crippen LogP contribution in [0.15, 0.2) is 18.3 Å². The summed E-state index contributed by atoms with van der Waals surface area (Å²) in [5, 5.41) is 16.5. The van der Waals surface area contributed by atoms with Crippen LogP contribution in [0.5, 0.6) is 0 Å². The molecule has 2 rings (SSSR count). The summed E-state index contributed by atoms with van der Waals surface area (Å²) < 4.78 is 1.97. The van der Waals surface area contributed by atoms with Gasteiger partial charge in [-0.1, -0.05) is 6.92 Å². The molecule has 0 aliphatic carbocycles. The number of aryl methyl sites for hydroxylation is 2. The van der Waals surface area contributed by atoms with Gasteiger partial charge in [-0.2, -0.15) is 5.10 Å². The highest BCUT2D eigenvalue weighted by molar-refractivity contribution is 5.92. The zero-order valence-electron chi connectivity index (χ0n) is 13.3. The van der Waals surface area contributed by atoms with Gasteiger partial charge in [0.15, 0.2) is 0 Å². The smallest absolute Gasteiger partial charge is 0.270 e. The van der Waals surface area contributed by atoms with E-state index in [-0.39, 0.29) is 12.5 Å². The van der Waals surface area contributed by atoms with Gasteiger partial charge < -0.3 is 10.4 Å². The summed E-state index contributed by atoms with van der Waals surface area (Å²) in [6, 6.07) is 3.27. The highest BCUT2D eigenvalue weighted by atomic mass is 16.3. The minimum Gasteiger partial charge on any atom is -0.392 e. The number of rotatable bonds is 6. The zero-order valence-corrected chi connectivity index (χ0v) is 13.3. The summed E-state index contributed by atoms with van der Waals surface area (Å²) in [6.45, 7) is 7.27. The monoisotopic (exact) mass is 302 g/mol. The number of hydrogen-bond donors (Lipinski definition) is 2. The van der Waals surface area contributed by atoms with Crippen LogP contribution in [-0.4, -0.2) is 25.8 Å². The molecule has 0 unspecified atom stereocenters. The van der Waals surface area contributed by atoms with Crippen molar-refractivity contribution in [1.82, 2.24) is 20.1 Å². The Morgan fingerprint density at radius 1 is 1.41 bits per heavy atom. The first-order chi connectivity index (χ1) is 10.6. The molecule has 0 aliphatic heterocycles. The molecule has 0 aromatic carbocycles. The lowest BCUT2D eigenvalue weighted by Crippen LogP contribution is -2.24. The van der Waals surface area contributed by atoms with E-state index in [0.717, 1.165) is 29.9 Å². The number of aliphatic hydroxyl groups excluding tert-OH is 1. The van der Waals surface area contributed by atoms with E-state index in [0.29, 0.717) is 17.8 Å². The van der Waals surface area contributed by atoms with Crippen LogP contribution in [0, 0.1) is 13.8 Å². The summed E-state index contributed by atoms with van der Waals surface area (Å²) in [7, 11) is 0. The van der Waals surface area contributed by atoms with Gasteiger partial charge >= 0.3 is 0 Å². The van der Waals surface area contributed by atoms with Crippen LogP contribution in [-0.2, 0) is 19.7 Å². The van der Waals surface area contributed by atoms with Gasteiger partial charge in [-0.05, 0) is 38.0 Å². The molecule has 118 valence electrons. The summed E-state index contributed by atoms with van der Waals surface area (Å²) >= 11 is 0. The second-order valence-electron chi connectivity index (χ2n) is 5.26. The second kappa shape index (κ2) is 7.17. The molecule has 2 N–H and O–H groups in total. The molecule has 0 saturated heterocycles. The molecule has 6 nitrogen and oxygen atoms in total. The summed E-state index contributed by atoms with van der Waals surface area (Å²) in [4.78, 5) is 16.2. The van der Waals surface area contributed by atoms with Crippen molar-refractivity contribution in [3.8, 4) is 0 Å². The van der Waals surface area contributed by atoms with Crippen LogP contribution in [0.25, 0.3) is 0 Å². The highest BCUT2D eigenvalue weighted by Gasteiger charge is 2.13. The van der Waals surface area contributed by atoms with E-state index in [2.05, 4.69) is 22.3 Å². The Morgan fingerprint density at radius 3 is 2.86 bits per heavy atom. The lowest BCUT2D eigenvalue weighted by Gasteiger charge is -2.07. The maximum atomic E-state index is 12.2. The molecule has 6 heteroatoms. The Kier molecular flexibility index (Phi) is 5.27. The fourth-order valence-corrected chi connectivity index (χ4v) is 2.38. The Hall–Kier alpha value is -2.21. The van der Waals surface area contributed by atoms with E-state index in [1.807, 2.05) is 18.5 Å². The number of nitrogens with zero attached hydrogens (tertiary/aromatic N) is 3. The van der Waals surface area contributed by atoms with Gasteiger partial charge in [0.25, 0.3) is 5.91 Å². The molecular weight excluding hydrogens is 280 g/mol. The average Bonchev–Trinajstić information content (AvgIpc) is 2.79. The number of nitrogens with one attached hydrogen (secondary N) is 1. The van der Waals surface area contributed by atoms with Crippen molar-refractivity contribution in [2.45, 2.75) is 46.9 Å². The molecule has 0 fully saturated rings. The van der Waals surface area contributed by atoms with Crippen molar-refractivity contribution in [1.29, 1.82) is 0 Å². The number of aromatic nitrogens is 3. The topological polar surface area (TPSA) is 80.0 Å². The molecule has 2 aromatic rings. The number of hydrogen-bond acceptors (Lipinski definition) is 4. The van der Waals surface area contributed by atoms with Crippen molar-refractivity contribution < 1.29 is 9.90 Å². The third-order valence-corrected chi connectivity index (χ3v) is 3.63. The Bertz CT molecular complexity index is 664. The van der Waals surface area contributed by atoms with Gasteiger partial charge in [0, 0.05) is 30.5 Å². The summed E-state index contributed by atoms with van der Waals surface area (Å²) in [6.07, 6.45) is 2.54. The van der Waals surface area contributed by atoms with E-state index in [1.54, 1.807) is 12.1 Å². The highest BCUT2D eigenvalue weighted by Crippen LogP contribution is 2.13. The van der Waals surface area contributed by atoms with Gasteiger partial charge in [0.2, 0.25) is 0 Å². The lowest BCUT2D eigenvalue weighted by atomic mass is 10.2. The van der Waals surface area contributed by atoms with Gasteiger partial charge in [0.1, 0.15) is 5.69 Å². The summed E-state index contributed by atoms with van der Waals surface area (Å²) in [5.41, 5.74) is 4.03. The van der Waals surface area contributed by atoms with Crippen LogP contribution in [0.2, 0.25) is 0 Å². The van der Waals surface area contributed by atoms with E-state index in [4.69, 9.17) is 5.11 Å². The van der Waals surface area contributed by atoms with Crippen LogP contribution < -0.4 is 5.32 Å². The van der Waals surface area contributed by atoms with Crippen LogP contribution in [0.4, 0.5) is 0 Å². The summed E-state index contributed by atoms with van der Waals surface area (Å²) in [5.74, 6) is -0.252. The maximum Gasteiger partial charge on any atom is 0.270 e. The number of carbonyl (C=O) groups is 1. The first kappa shape index (κ1) is 16.2. The number of carbonyl (C=O) groups excluding carboxylic acids is 1. The van der Waals surface area contributed by atoms with Crippen molar-refractivity contribution in [2.24, 2.45) is 0 Å². The number of pyridine rings is 1. The van der Waals surface area contributed by atoms with E-state index in [1.165, 1.54) is 6.20 Å². The number of amides is 1. The molecule has 0 aliphatic rings. The van der Waals surface area contributed by atoms with Crippen LogP contribution >= 0.6 is 0 Å². The first-order valence-electron chi connectivity index (χ1n) is 7.43. The minimum atomic E-state index is -0.252. The van der Waals surface area contributed by atoms with E-state index >= 15 is 0 Å². The van der Waals surface area contributed by atoms with Gasteiger partial charge in [-0.25, -0.2) is 0 Å². The fraction of sp³-hybridized carbons (Fsp3) is 0.438. The van der Waals surface area contributed by atoms with Crippen molar-refractivity contribution >= 4 is 5.91 Å². The predicted octanol–water partition coefficient (Wildman–Crippen LogP) is 1.73. The van der Waals surface area contributed by atoms with Gasteiger partial charge in [-0.3, -0.25) is 14.5 Å². The molecule has 0 atom stereocenters. The van der Waals surface area contributed by atoms with Crippen molar-refractivity contribution in [3.63, 3.8) is 0 Å². The molecule has 0 bridgehead atoms. The average molecular weight is 302 g/mol. The molecule has 0 spiro atoms. The van der Waals surface area contributed by atoms with E-state index < -0.39 is 0 Å². The first-order valence-corrected chi connectivity index (χ1v) is 7.43. The SMILES string of the molecule is CCCn1nc(C)c(CNC(=O)c2cc(CO)ccn2)c1C. The Morgan fingerprint density at radius 2 is 2.18 bits per heavy atom. The normalized spacial score (nSPS) is 10.7. The molecule has 1 amide bonds. The molecule has 0 radical (unpaired) electrons. The Balaban J connectivity index is 2.08. The molecule has 0 saturated carbocycles. The zero-order chi connectivity index (χ0) is 16.1. The van der Waals surface area contributed by atoms with Gasteiger partial charge in [-0.15, -0.1) is 0 Å². The molecule has 2 aromatic heterocycles. The fourth-order valence-electron chi connectivity index (χ4n) is 2.38. The van der Waals surface area contributed by atoms with Crippen LogP contribution in [0.1, 0.15) is 46.3 Å². The number of aliphatic hydroxyl groups is 1. The van der Waals surface area contributed by atoms with Crippen molar-refractivity contribution in [2.75, 3.05) is 0 Å². The van der Waals surface area contributed by atoms with Gasteiger partial charge in [0.05, 0.1) is 12.3 Å². The molecule has 2 heterocycles. The molecule has 22 heavy (non-hydrogen) atoms. The largest absolute Gasteiger partial charge is 0.392 e. The Labute approximate surface area is 130 Å². The van der Waals surface area contributed by atoms with Crippen LogP contribution in [0.3, 0.4) is 0 Å². The standard InChI is InChI=1S/C16H22N4O2/c1-4-7-20-12(3)14(11(2)19-20)9-18-16(22)15-8-13(10-21)5-6-17-15/h5-6,8,21H,4,7,9-10H2,1-3H3,(H,18,22). The minimum absolute atomic E-state index is 0.106. The van der Waals surface area contributed by atoms with Crippen molar-refractivity contribution in [3.05, 3.63) is 46.5 Å². The second-order valence-corrected chi connectivity index (χ2v) is 5.26. The quantitative estimate of drug-likeness (QED) is 0.851. The third kappa shape index (κ3) is 3.51.